The number of hydrogen-bond donors (Lipinski definition) is 1. The predicted octanol–water partition coefficient (Wildman–Crippen LogP) is 1.10. The molecule has 0 saturated heterocycles. The highest BCUT2D eigenvalue weighted by atomic mass is 35.5. The Kier molecular flexibility index (Phi) is 2.42. The lowest BCUT2D eigenvalue weighted by atomic mass is 10.2. The molecule has 11 heavy (non-hydrogen) atoms. The van der Waals surface area contributed by atoms with Crippen molar-refractivity contribution in [3.8, 4) is 6.07 Å². The maximum absolute atomic E-state index is 8.72. The molecule has 0 aliphatic rings. The van der Waals surface area contributed by atoms with Gasteiger partial charge in [-0.05, 0) is 6.07 Å². The summed E-state index contributed by atoms with van der Waals surface area (Å²) < 4.78 is 0. The van der Waals surface area contributed by atoms with Gasteiger partial charge in [0.15, 0.2) is 5.69 Å². The molecule has 1 heterocycles. The largest absolute Gasteiger partial charge is 0.392 e. The minimum absolute atomic E-state index is 0.151. The van der Waals surface area contributed by atoms with Gasteiger partial charge in [0.05, 0.1) is 11.6 Å². The first-order valence-electron chi connectivity index (χ1n) is 2.94. The molecule has 4 heteroatoms. The van der Waals surface area contributed by atoms with E-state index in [0.717, 1.165) is 0 Å². The van der Waals surface area contributed by atoms with E-state index in [0.29, 0.717) is 5.56 Å². The fraction of sp³-hybridized carbons (Fsp3) is 0.143. The number of halogens is 1. The Morgan fingerprint density at radius 1 is 1.73 bits per heavy atom. The molecule has 3 nitrogen and oxygen atoms in total. The van der Waals surface area contributed by atoms with Gasteiger partial charge in [-0.1, -0.05) is 11.6 Å². The number of hydrogen-bond acceptors (Lipinski definition) is 3. The van der Waals surface area contributed by atoms with Gasteiger partial charge in [0.2, 0.25) is 0 Å². The lowest BCUT2D eigenvalue weighted by Gasteiger charge is -1.98. The van der Waals surface area contributed by atoms with E-state index in [9.17, 15) is 0 Å². The number of nitriles is 1. The lowest BCUT2D eigenvalue weighted by Crippen LogP contribution is -1.90. The first kappa shape index (κ1) is 7.99. The van der Waals surface area contributed by atoms with Gasteiger partial charge < -0.3 is 5.11 Å². The first-order valence-corrected chi connectivity index (χ1v) is 3.31. The number of rotatable bonds is 1. The average molecular weight is 169 g/mol. The molecule has 1 N–H and O–H groups in total. The maximum atomic E-state index is 8.72. The zero-order valence-corrected chi connectivity index (χ0v) is 6.34. The van der Waals surface area contributed by atoms with Gasteiger partial charge in [-0.25, -0.2) is 4.98 Å². The highest BCUT2D eigenvalue weighted by molar-refractivity contribution is 6.32. The van der Waals surface area contributed by atoms with E-state index in [-0.39, 0.29) is 17.3 Å². The fourth-order valence-electron chi connectivity index (χ4n) is 0.684. The van der Waals surface area contributed by atoms with E-state index >= 15 is 0 Å². The number of nitrogens with zero attached hydrogens (tertiary/aromatic N) is 2. The number of pyridine rings is 1. The molecule has 0 aliphatic heterocycles. The van der Waals surface area contributed by atoms with Gasteiger partial charge in [-0.2, -0.15) is 5.26 Å². The van der Waals surface area contributed by atoms with Crippen LogP contribution in [0.4, 0.5) is 0 Å². The SMILES string of the molecule is N#Cc1nccc(CO)c1Cl. The summed E-state index contributed by atoms with van der Waals surface area (Å²) >= 11 is 5.66. The third-order valence-corrected chi connectivity index (χ3v) is 1.67. The molecule has 0 amide bonds. The predicted molar refractivity (Wildman–Crippen MR) is 39.9 cm³/mol. The van der Waals surface area contributed by atoms with Crippen LogP contribution >= 0.6 is 11.6 Å². The van der Waals surface area contributed by atoms with Crippen molar-refractivity contribution < 1.29 is 5.11 Å². The smallest absolute Gasteiger partial charge is 0.159 e. The second kappa shape index (κ2) is 3.33. The van der Waals surface area contributed by atoms with Crippen molar-refractivity contribution in [3.63, 3.8) is 0 Å². The Labute approximate surface area is 68.9 Å². The number of aromatic nitrogens is 1. The Morgan fingerprint density at radius 3 is 3.00 bits per heavy atom. The van der Waals surface area contributed by atoms with E-state index in [1.165, 1.54) is 6.20 Å². The summed E-state index contributed by atoms with van der Waals surface area (Å²) in [5, 5.41) is 17.4. The first-order chi connectivity index (χ1) is 5.29. The van der Waals surface area contributed by atoms with Crippen molar-refractivity contribution in [2.24, 2.45) is 0 Å². The van der Waals surface area contributed by atoms with Crippen LogP contribution in [0.3, 0.4) is 0 Å². The van der Waals surface area contributed by atoms with Gasteiger partial charge >= 0.3 is 0 Å². The molecule has 1 aromatic rings. The molecule has 0 spiro atoms. The van der Waals surface area contributed by atoms with E-state index < -0.39 is 0 Å². The minimum atomic E-state index is -0.171. The summed E-state index contributed by atoms with van der Waals surface area (Å²) in [7, 11) is 0. The van der Waals surface area contributed by atoms with Crippen LogP contribution in [0.1, 0.15) is 11.3 Å². The summed E-state index contributed by atoms with van der Waals surface area (Å²) in [5.74, 6) is 0. The molecule has 0 atom stereocenters. The van der Waals surface area contributed by atoms with Crippen molar-refractivity contribution in [2.45, 2.75) is 6.61 Å². The topological polar surface area (TPSA) is 56.9 Å². The molecule has 0 fully saturated rings. The van der Waals surface area contributed by atoms with Crippen molar-refractivity contribution in [2.75, 3.05) is 0 Å². The third kappa shape index (κ3) is 1.48. The molecule has 0 aliphatic carbocycles. The van der Waals surface area contributed by atoms with Gasteiger partial charge in [-0.3, -0.25) is 0 Å². The lowest BCUT2D eigenvalue weighted by molar-refractivity contribution is 0.282. The normalized spacial score (nSPS) is 9.18. The van der Waals surface area contributed by atoms with Crippen LogP contribution in [0.5, 0.6) is 0 Å². The molecule has 0 radical (unpaired) electrons. The quantitative estimate of drug-likeness (QED) is 0.683. The van der Waals surface area contributed by atoms with Crippen LogP contribution in [0.25, 0.3) is 0 Å². The summed E-state index contributed by atoms with van der Waals surface area (Å²) in [6, 6.07) is 3.39. The Bertz CT molecular complexity index is 306. The number of aliphatic hydroxyl groups excluding tert-OH is 1. The molecule has 1 aromatic heterocycles. The molecule has 56 valence electrons. The van der Waals surface area contributed by atoms with Gasteiger partial charge in [0.1, 0.15) is 6.07 Å². The van der Waals surface area contributed by atoms with Crippen LogP contribution in [-0.2, 0) is 6.61 Å². The van der Waals surface area contributed by atoms with E-state index in [1.807, 2.05) is 6.07 Å². The van der Waals surface area contributed by atoms with Crippen molar-refractivity contribution in [3.05, 3.63) is 28.5 Å². The Hall–Kier alpha value is -1.11. The highest BCUT2D eigenvalue weighted by Crippen LogP contribution is 2.17. The minimum Gasteiger partial charge on any atom is -0.392 e. The van der Waals surface area contributed by atoms with Gasteiger partial charge in [0, 0.05) is 11.8 Å². The van der Waals surface area contributed by atoms with Crippen LogP contribution in [0, 0.1) is 11.3 Å². The fourth-order valence-corrected chi connectivity index (χ4v) is 0.898. The monoisotopic (exact) mass is 168 g/mol. The van der Waals surface area contributed by atoms with E-state index in [4.69, 9.17) is 22.0 Å². The zero-order chi connectivity index (χ0) is 8.27. The molecule has 0 unspecified atom stereocenters. The van der Waals surface area contributed by atoms with Crippen LogP contribution < -0.4 is 0 Å². The van der Waals surface area contributed by atoms with Crippen LogP contribution in [0.2, 0.25) is 5.02 Å². The summed E-state index contributed by atoms with van der Waals surface area (Å²) in [6.07, 6.45) is 1.44. The van der Waals surface area contributed by atoms with Crippen LogP contribution in [-0.4, -0.2) is 10.1 Å². The standard InChI is InChI=1S/C7H5ClN2O/c8-7-5(4-11)1-2-10-6(7)3-9/h1-2,11H,4H2. The molecule has 1 rings (SSSR count). The average Bonchev–Trinajstić information content (AvgIpc) is 2.05. The molecule has 0 saturated carbocycles. The van der Waals surface area contributed by atoms with Crippen molar-refractivity contribution in [1.29, 1.82) is 5.26 Å². The second-order valence-corrected chi connectivity index (χ2v) is 2.28. The second-order valence-electron chi connectivity index (χ2n) is 1.90. The Morgan fingerprint density at radius 2 is 2.45 bits per heavy atom. The summed E-state index contributed by atoms with van der Waals surface area (Å²) in [4.78, 5) is 3.70. The van der Waals surface area contributed by atoms with E-state index in [2.05, 4.69) is 4.98 Å². The summed E-state index contributed by atoms with van der Waals surface area (Å²) in [5.41, 5.74) is 0.677. The highest BCUT2D eigenvalue weighted by Gasteiger charge is 2.04. The Balaban J connectivity index is 3.23. The van der Waals surface area contributed by atoms with Crippen LogP contribution in [0.15, 0.2) is 12.3 Å². The third-order valence-electron chi connectivity index (χ3n) is 1.25. The zero-order valence-electron chi connectivity index (χ0n) is 5.58. The van der Waals surface area contributed by atoms with Gasteiger partial charge in [-0.15, -0.1) is 0 Å². The van der Waals surface area contributed by atoms with E-state index in [1.54, 1.807) is 6.07 Å². The summed E-state index contributed by atoms with van der Waals surface area (Å²) in [6.45, 7) is -0.171. The molecular formula is C7H5ClN2O. The van der Waals surface area contributed by atoms with Crippen molar-refractivity contribution >= 4 is 11.6 Å². The van der Waals surface area contributed by atoms with Gasteiger partial charge in [0.25, 0.3) is 0 Å². The molecule has 0 bridgehead atoms. The maximum Gasteiger partial charge on any atom is 0.159 e. The van der Waals surface area contributed by atoms with Crippen molar-refractivity contribution in [1.82, 2.24) is 4.98 Å². The molecular weight excluding hydrogens is 164 g/mol. The molecule has 0 aromatic carbocycles. The number of aliphatic hydroxyl groups is 1.